The van der Waals surface area contributed by atoms with Gasteiger partial charge in [0.1, 0.15) is 11.3 Å². The molecule has 2 heterocycles. The first-order chi connectivity index (χ1) is 14.4. The molecule has 30 heavy (non-hydrogen) atoms. The number of hydrogen-bond acceptors (Lipinski definition) is 5. The summed E-state index contributed by atoms with van der Waals surface area (Å²) in [6.07, 6.45) is 0.105. The van der Waals surface area contributed by atoms with E-state index in [-0.39, 0.29) is 23.3 Å². The normalized spacial score (nSPS) is 11.7. The number of aliphatic imine (C=N–C) groups is 1. The van der Waals surface area contributed by atoms with Crippen LogP contribution in [0.5, 0.6) is 0 Å². The zero-order valence-electron chi connectivity index (χ0n) is 15.8. The number of rotatable bonds is 4. The van der Waals surface area contributed by atoms with Crippen molar-refractivity contribution in [3.8, 4) is 0 Å². The number of aryl methyl sites for hydroxylation is 1. The SMILES string of the molecule is Cn1c(=O)[nH]c(=O)c2nc(CC(=Nc3ccc(Br)cc3)c3ccccc3)c(=O)[nH]c21. The van der Waals surface area contributed by atoms with Gasteiger partial charge in [-0.3, -0.25) is 24.1 Å². The van der Waals surface area contributed by atoms with Crippen LogP contribution in [0.4, 0.5) is 5.69 Å². The van der Waals surface area contributed by atoms with Crippen molar-refractivity contribution in [2.45, 2.75) is 6.42 Å². The number of aromatic amines is 2. The van der Waals surface area contributed by atoms with Crippen LogP contribution in [-0.4, -0.2) is 25.2 Å². The Morgan fingerprint density at radius 2 is 1.70 bits per heavy atom. The van der Waals surface area contributed by atoms with Crippen LogP contribution in [0.15, 0.2) is 78.4 Å². The lowest BCUT2D eigenvalue weighted by molar-refractivity contribution is 0.817. The lowest BCUT2D eigenvalue weighted by Crippen LogP contribution is -2.32. The highest BCUT2D eigenvalue weighted by molar-refractivity contribution is 9.10. The standard InChI is InChI=1S/C21H16BrN5O3/c1-27-18-17(20(29)26-21(27)30)24-16(19(28)25-18)11-15(12-5-3-2-4-6-12)23-14-9-7-13(22)8-10-14/h2-10H,11H2,1H3,(H,25,28)(H,26,29,30). The Kier molecular flexibility index (Phi) is 5.28. The number of nitrogens with one attached hydrogen (secondary N) is 2. The molecule has 0 fully saturated rings. The molecule has 2 N–H and O–H groups in total. The smallest absolute Gasteiger partial charge is 0.305 e. The van der Waals surface area contributed by atoms with Crippen molar-refractivity contribution in [3.63, 3.8) is 0 Å². The predicted octanol–water partition coefficient (Wildman–Crippen LogP) is 2.44. The molecule has 0 aliphatic heterocycles. The molecule has 4 aromatic rings. The van der Waals surface area contributed by atoms with Crippen molar-refractivity contribution in [1.82, 2.24) is 19.5 Å². The van der Waals surface area contributed by atoms with E-state index in [4.69, 9.17) is 4.99 Å². The molecule has 0 amide bonds. The maximum atomic E-state index is 12.7. The molecule has 0 aliphatic rings. The zero-order chi connectivity index (χ0) is 21.3. The van der Waals surface area contributed by atoms with Gasteiger partial charge in [-0.15, -0.1) is 0 Å². The largest absolute Gasteiger partial charge is 0.329 e. The van der Waals surface area contributed by atoms with Crippen molar-refractivity contribution in [1.29, 1.82) is 0 Å². The first-order valence-corrected chi connectivity index (χ1v) is 9.82. The second-order valence-electron chi connectivity index (χ2n) is 6.61. The average Bonchev–Trinajstić information content (AvgIpc) is 2.74. The maximum Gasteiger partial charge on any atom is 0.329 e. The van der Waals surface area contributed by atoms with Crippen LogP contribution in [0.25, 0.3) is 11.2 Å². The van der Waals surface area contributed by atoms with Crippen molar-refractivity contribution in [2.75, 3.05) is 0 Å². The molecule has 150 valence electrons. The van der Waals surface area contributed by atoms with E-state index in [2.05, 4.69) is 30.9 Å². The molecular formula is C21H16BrN5O3. The second-order valence-corrected chi connectivity index (χ2v) is 7.52. The third-order valence-electron chi connectivity index (χ3n) is 4.57. The molecule has 2 aromatic carbocycles. The van der Waals surface area contributed by atoms with Crippen molar-refractivity contribution in [2.24, 2.45) is 12.0 Å². The zero-order valence-corrected chi connectivity index (χ0v) is 17.4. The molecule has 0 aliphatic carbocycles. The van der Waals surface area contributed by atoms with Gasteiger partial charge in [0, 0.05) is 17.9 Å². The Bertz CT molecular complexity index is 1430. The van der Waals surface area contributed by atoms with Gasteiger partial charge in [-0.1, -0.05) is 46.3 Å². The van der Waals surface area contributed by atoms with E-state index in [1.165, 1.54) is 7.05 Å². The van der Waals surface area contributed by atoms with Gasteiger partial charge in [-0.25, -0.2) is 9.78 Å². The number of benzene rings is 2. The Morgan fingerprint density at radius 1 is 1.00 bits per heavy atom. The molecular weight excluding hydrogens is 450 g/mol. The summed E-state index contributed by atoms with van der Waals surface area (Å²) < 4.78 is 2.07. The summed E-state index contributed by atoms with van der Waals surface area (Å²) in [5.74, 6) is 0. The molecule has 0 spiro atoms. The minimum absolute atomic E-state index is 0.0113. The Hall–Kier alpha value is -3.59. The molecule has 0 unspecified atom stereocenters. The predicted molar refractivity (Wildman–Crippen MR) is 119 cm³/mol. The van der Waals surface area contributed by atoms with Crippen molar-refractivity contribution >= 4 is 38.5 Å². The first kappa shape index (κ1) is 19.7. The molecule has 0 bridgehead atoms. The molecule has 4 rings (SSSR count). The summed E-state index contributed by atoms with van der Waals surface area (Å²) in [5, 5.41) is 0. The van der Waals surface area contributed by atoms with E-state index in [9.17, 15) is 14.4 Å². The van der Waals surface area contributed by atoms with Gasteiger partial charge >= 0.3 is 5.69 Å². The van der Waals surface area contributed by atoms with E-state index >= 15 is 0 Å². The summed E-state index contributed by atoms with van der Waals surface area (Å²) in [4.78, 5) is 50.4. The van der Waals surface area contributed by atoms with Crippen LogP contribution in [-0.2, 0) is 13.5 Å². The highest BCUT2D eigenvalue weighted by atomic mass is 79.9. The summed E-state index contributed by atoms with van der Waals surface area (Å²) >= 11 is 3.40. The van der Waals surface area contributed by atoms with Crippen LogP contribution in [0.2, 0.25) is 0 Å². The highest BCUT2D eigenvalue weighted by Gasteiger charge is 2.14. The second kappa shape index (κ2) is 8.03. The summed E-state index contributed by atoms with van der Waals surface area (Å²) in [6.45, 7) is 0. The number of H-pyrrole nitrogens is 2. The van der Waals surface area contributed by atoms with E-state index in [1.54, 1.807) is 0 Å². The fraction of sp³-hybridized carbons (Fsp3) is 0.0952. The van der Waals surface area contributed by atoms with Crippen LogP contribution >= 0.6 is 15.9 Å². The van der Waals surface area contributed by atoms with Gasteiger partial charge in [0.05, 0.1) is 11.4 Å². The van der Waals surface area contributed by atoms with Crippen LogP contribution in [0.3, 0.4) is 0 Å². The van der Waals surface area contributed by atoms with Gasteiger partial charge in [0.15, 0.2) is 5.52 Å². The Labute approximate surface area is 178 Å². The summed E-state index contributed by atoms with van der Waals surface area (Å²) in [5.41, 5.74) is 0.596. The van der Waals surface area contributed by atoms with Gasteiger partial charge < -0.3 is 4.98 Å². The van der Waals surface area contributed by atoms with Gasteiger partial charge in [-0.2, -0.15) is 0 Å². The molecule has 0 radical (unpaired) electrons. The van der Waals surface area contributed by atoms with Crippen LogP contribution in [0.1, 0.15) is 11.3 Å². The number of nitrogens with zero attached hydrogens (tertiary/aromatic N) is 3. The molecule has 0 saturated heterocycles. The average molecular weight is 466 g/mol. The highest BCUT2D eigenvalue weighted by Crippen LogP contribution is 2.19. The van der Waals surface area contributed by atoms with Gasteiger partial charge in [-0.05, 0) is 29.8 Å². The number of fused-ring (bicyclic) bond motifs is 1. The molecule has 0 atom stereocenters. The summed E-state index contributed by atoms with van der Waals surface area (Å²) in [6, 6.07) is 16.9. The molecule has 2 aromatic heterocycles. The Morgan fingerprint density at radius 3 is 2.40 bits per heavy atom. The number of aromatic nitrogens is 4. The lowest BCUT2D eigenvalue weighted by Gasteiger charge is -2.08. The maximum absolute atomic E-state index is 12.7. The van der Waals surface area contributed by atoms with Gasteiger partial charge in [0.2, 0.25) is 0 Å². The van der Waals surface area contributed by atoms with E-state index in [0.29, 0.717) is 5.71 Å². The minimum Gasteiger partial charge on any atom is -0.305 e. The van der Waals surface area contributed by atoms with Gasteiger partial charge in [0.25, 0.3) is 11.1 Å². The molecule has 8 nitrogen and oxygen atoms in total. The minimum atomic E-state index is -0.656. The van der Waals surface area contributed by atoms with Crippen LogP contribution < -0.4 is 16.8 Å². The third-order valence-corrected chi connectivity index (χ3v) is 5.10. The lowest BCUT2D eigenvalue weighted by atomic mass is 10.1. The number of hydrogen-bond donors (Lipinski definition) is 2. The monoisotopic (exact) mass is 465 g/mol. The topological polar surface area (TPSA) is 113 Å². The summed E-state index contributed by atoms with van der Waals surface area (Å²) in [7, 11) is 1.45. The molecule has 9 heteroatoms. The quantitative estimate of drug-likeness (QED) is 0.450. The van der Waals surface area contributed by atoms with E-state index in [1.807, 2.05) is 54.6 Å². The first-order valence-electron chi connectivity index (χ1n) is 9.03. The van der Waals surface area contributed by atoms with Crippen molar-refractivity contribution < 1.29 is 0 Å². The number of halogens is 1. The van der Waals surface area contributed by atoms with Crippen molar-refractivity contribution in [3.05, 3.63) is 102 Å². The van der Waals surface area contributed by atoms with Crippen LogP contribution in [0, 0.1) is 0 Å². The Balaban J connectivity index is 1.86. The fourth-order valence-electron chi connectivity index (χ4n) is 3.01. The van der Waals surface area contributed by atoms with E-state index in [0.717, 1.165) is 20.3 Å². The molecule has 0 saturated carbocycles. The fourth-order valence-corrected chi connectivity index (χ4v) is 3.27. The van der Waals surface area contributed by atoms with E-state index < -0.39 is 16.8 Å². The third kappa shape index (κ3) is 3.92.